The second-order valence-electron chi connectivity index (χ2n) is 5.41. The molecule has 0 saturated heterocycles. The van der Waals surface area contributed by atoms with Crippen LogP contribution in [0, 0.1) is 0 Å². The number of ether oxygens (including phenoxy) is 1. The molecule has 5 nitrogen and oxygen atoms in total. The summed E-state index contributed by atoms with van der Waals surface area (Å²) in [5, 5.41) is 9.72. The first-order chi connectivity index (χ1) is 12.3. The molecule has 123 valence electrons. The SMILES string of the molecule is OCc1cc([As]c2ncnc3cc[nH]c23)ccc1Oc1ccccc1. The van der Waals surface area contributed by atoms with Gasteiger partial charge in [0.2, 0.25) is 0 Å². The van der Waals surface area contributed by atoms with Crippen molar-refractivity contribution in [1.82, 2.24) is 15.0 Å². The zero-order chi connectivity index (χ0) is 17.1. The fourth-order valence-electron chi connectivity index (χ4n) is 2.54. The Hall–Kier alpha value is -2.62. The maximum atomic E-state index is 9.72. The first-order valence-electron chi connectivity index (χ1n) is 7.80. The fraction of sp³-hybridized carbons (Fsp3) is 0.0526. The van der Waals surface area contributed by atoms with E-state index < -0.39 is 0 Å². The van der Waals surface area contributed by atoms with Crippen molar-refractivity contribution in [2.45, 2.75) is 6.61 Å². The first kappa shape index (κ1) is 15.9. The predicted molar refractivity (Wildman–Crippen MR) is 97.8 cm³/mol. The minimum atomic E-state index is -0.324. The summed E-state index contributed by atoms with van der Waals surface area (Å²) in [5.41, 5.74) is 2.68. The van der Waals surface area contributed by atoms with Gasteiger partial charge in [0.15, 0.2) is 0 Å². The number of rotatable bonds is 5. The number of hydrogen-bond donors (Lipinski definition) is 2. The normalized spacial score (nSPS) is 11.4. The number of nitrogens with zero attached hydrogens (tertiary/aromatic N) is 2. The molecular weight excluding hydrogens is 377 g/mol. The number of aliphatic hydroxyl groups excluding tert-OH is 1. The number of aromatic nitrogens is 3. The van der Waals surface area contributed by atoms with Gasteiger partial charge in [0, 0.05) is 0 Å². The van der Waals surface area contributed by atoms with E-state index in [2.05, 4.69) is 15.0 Å². The number of aliphatic hydroxyl groups is 1. The van der Waals surface area contributed by atoms with E-state index in [1.165, 1.54) is 0 Å². The van der Waals surface area contributed by atoms with Gasteiger partial charge in [0.1, 0.15) is 0 Å². The van der Waals surface area contributed by atoms with Crippen LogP contribution in [0.4, 0.5) is 0 Å². The van der Waals surface area contributed by atoms with Crippen LogP contribution in [-0.4, -0.2) is 35.8 Å². The van der Waals surface area contributed by atoms with Crippen molar-refractivity contribution in [3.05, 3.63) is 72.7 Å². The van der Waals surface area contributed by atoms with E-state index in [9.17, 15) is 5.11 Å². The standard InChI is InChI=1S/C19H15AsN3O2/c24-11-13-10-14(6-7-17(13)25-15-4-2-1-3-5-15)20-19-18-16(8-9-21-18)22-12-23-19/h1-10,12,21,24H,11H2. The molecule has 1 radical (unpaired) electrons. The van der Waals surface area contributed by atoms with E-state index in [0.717, 1.165) is 31.2 Å². The van der Waals surface area contributed by atoms with Crippen LogP contribution in [0.2, 0.25) is 0 Å². The maximum absolute atomic E-state index is 9.72. The monoisotopic (exact) mass is 392 g/mol. The number of para-hydroxylation sites is 1. The summed E-state index contributed by atoms with van der Waals surface area (Å²) in [7, 11) is 0. The second kappa shape index (κ2) is 7.09. The van der Waals surface area contributed by atoms with Crippen LogP contribution < -0.4 is 13.6 Å². The van der Waals surface area contributed by atoms with Crippen molar-refractivity contribution in [2.24, 2.45) is 0 Å². The molecule has 0 aliphatic heterocycles. The van der Waals surface area contributed by atoms with Crippen LogP contribution in [0.1, 0.15) is 5.56 Å². The molecule has 2 heterocycles. The van der Waals surface area contributed by atoms with Gasteiger partial charge in [-0.05, 0) is 0 Å². The predicted octanol–water partition coefficient (Wildman–Crippen LogP) is 1.90. The van der Waals surface area contributed by atoms with Gasteiger partial charge in [0.25, 0.3) is 0 Å². The van der Waals surface area contributed by atoms with Crippen LogP contribution in [0.3, 0.4) is 0 Å². The van der Waals surface area contributed by atoms with Gasteiger partial charge >= 0.3 is 151 Å². The number of aromatic amines is 1. The van der Waals surface area contributed by atoms with Crippen molar-refractivity contribution < 1.29 is 9.84 Å². The molecule has 4 rings (SSSR count). The molecule has 2 N–H and O–H groups in total. The van der Waals surface area contributed by atoms with Gasteiger partial charge < -0.3 is 0 Å². The van der Waals surface area contributed by atoms with Crippen LogP contribution in [0.5, 0.6) is 11.5 Å². The van der Waals surface area contributed by atoms with Gasteiger partial charge in [-0.3, -0.25) is 0 Å². The van der Waals surface area contributed by atoms with Gasteiger partial charge in [-0.15, -0.1) is 0 Å². The van der Waals surface area contributed by atoms with E-state index in [1.807, 2.05) is 60.8 Å². The summed E-state index contributed by atoms with van der Waals surface area (Å²) >= 11 is -0.324. The summed E-state index contributed by atoms with van der Waals surface area (Å²) in [6.45, 7) is -0.0706. The average molecular weight is 392 g/mol. The van der Waals surface area contributed by atoms with Gasteiger partial charge in [0.05, 0.1) is 0 Å². The fourth-order valence-corrected chi connectivity index (χ4v) is 4.67. The molecule has 0 spiro atoms. The number of hydrogen-bond acceptors (Lipinski definition) is 4. The van der Waals surface area contributed by atoms with E-state index in [1.54, 1.807) is 6.33 Å². The molecule has 6 heteroatoms. The Morgan fingerprint density at radius 1 is 1.04 bits per heavy atom. The molecule has 25 heavy (non-hydrogen) atoms. The molecule has 4 aromatic rings. The molecule has 0 unspecified atom stereocenters. The molecule has 0 amide bonds. The zero-order valence-electron chi connectivity index (χ0n) is 13.3. The average Bonchev–Trinajstić information content (AvgIpc) is 3.14. The Balaban J connectivity index is 1.62. The van der Waals surface area contributed by atoms with E-state index in [4.69, 9.17) is 4.74 Å². The molecule has 2 aromatic heterocycles. The summed E-state index contributed by atoms with van der Waals surface area (Å²) < 4.78 is 8.05. The quantitative estimate of drug-likeness (QED) is 0.509. The van der Waals surface area contributed by atoms with E-state index in [0.29, 0.717) is 5.75 Å². The van der Waals surface area contributed by atoms with Crippen molar-refractivity contribution >= 4 is 35.6 Å². The number of nitrogens with one attached hydrogen (secondary N) is 1. The van der Waals surface area contributed by atoms with Crippen LogP contribution >= 0.6 is 0 Å². The second-order valence-corrected chi connectivity index (χ2v) is 7.85. The summed E-state index contributed by atoms with van der Waals surface area (Å²) in [5.74, 6) is 1.42. The Labute approximate surface area is 151 Å². The third-order valence-corrected chi connectivity index (χ3v) is 6.03. The molecule has 0 fully saturated rings. The Morgan fingerprint density at radius 2 is 1.92 bits per heavy atom. The van der Waals surface area contributed by atoms with Gasteiger partial charge in [-0.2, -0.15) is 0 Å². The summed E-state index contributed by atoms with van der Waals surface area (Å²) in [4.78, 5) is 11.9. The van der Waals surface area contributed by atoms with E-state index in [-0.39, 0.29) is 22.4 Å². The van der Waals surface area contributed by atoms with Gasteiger partial charge in [-0.25, -0.2) is 0 Å². The van der Waals surface area contributed by atoms with Crippen LogP contribution in [0.15, 0.2) is 67.1 Å². The molecule has 2 aromatic carbocycles. The van der Waals surface area contributed by atoms with E-state index >= 15 is 0 Å². The summed E-state index contributed by atoms with van der Waals surface area (Å²) in [6, 6.07) is 17.5. The van der Waals surface area contributed by atoms with Crippen molar-refractivity contribution in [3.63, 3.8) is 0 Å². The van der Waals surface area contributed by atoms with Crippen LogP contribution in [0.25, 0.3) is 11.0 Å². The van der Waals surface area contributed by atoms with Crippen molar-refractivity contribution in [1.29, 1.82) is 0 Å². The molecule has 0 aliphatic carbocycles. The number of benzene rings is 2. The molecular formula is C19H15AsN3O2. The third-order valence-electron chi connectivity index (χ3n) is 3.75. The molecule has 0 bridgehead atoms. The first-order valence-corrected chi connectivity index (χ1v) is 9.67. The molecule has 0 saturated carbocycles. The Bertz CT molecular complexity index is 1000. The van der Waals surface area contributed by atoms with Crippen molar-refractivity contribution in [2.75, 3.05) is 0 Å². The minimum absolute atomic E-state index is 0.0706. The third kappa shape index (κ3) is 3.43. The number of fused-ring (bicyclic) bond motifs is 1. The van der Waals surface area contributed by atoms with Crippen molar-refractivity contribution in [3.8, 4) is 11.5 Å². The van der Waals surface area contributed by atoms with Gasteiger partial charge in [-0.1, -0.05) is 0 Å². The molecule has 0 aliphatic rings. The molecule has 0 atom stereocenters. The topological polar surface area (TPSA) is 71.0 Å². The Kier molecular flexibility index (Phi) is 4.51. The van der Waals surface area contributed by atoms with Crippen LogP contribution in [-0.2, 0) is 6.61 Å². The summed E-state index contributed by atoms with van der Waals surface area (Å²) in [6.07, 6.45) is 3.47. The zero-order valence-corrected chi connectivity index (χ0v) is 15.1. The number of H-pyrrole nitrogens is 1. The Morgan fingerprint density at radius 3 is 2.76 bits per heavy atom.